The van der Waals surface area contributed by atoms with Crippen LogP contribution in [0, 0.1) is 5.92 Å². The Balaban J connectivity index is 2.17. The molecule has 2 heteroatoms. The smallest absolute Gasteiger partial charge is 0.0402 e. The summed E-state index contributed by atoms with van der Waals surface area (Å²) in [5.74, 6) is 1.40. The number of fused-ring (bicyclic) bond motifs is 1. The number of anilines is 1. The minimum Gasteiger partial charge on any atom is -0.370 e. The summed E-state index contributed by atoms with van der Waals surface area (Å²) in [4.78, 5) is 2.52. The van der Waals surface area contributed by atoms with E-state index in [0.717, 1.165) is 11.9 Å². The SMILES string of the molecule is CC(CBr)CN1CC(C)c2ccccc21. The zero-order valence-electron chi connectivity index (χ0n) is 9.41. The largest absolute Gasteiger partial charge is 0.370 e. The van der Waals surface area contributed by atoms with Gasteiger partial charge in [-0.05, 0) is 17.5 Å². The molecule has 1 aromatic rings. The molecule has 0 radical (unpaired) electrons. The van der Waals surface area contributed by atoms with Crippen LogP contribution in [0.25, 0.3) is 0 Å². The topological polar surface area (TPSA) is 3.24 Å². The van der Waals surface area contributed by atoms with Gasteiger partial charge in [0.2, 0.25) is 0 Å². The van der Waals surface area contributed by atoms with Gasteiger partial charge in [0.15, 0.2) is 0 Å². The van der Waals surface area contributed by atoms with Crippen LogP contribution in [0.4, 0.5) is 5.69 Å². The van der Waals surface area contributed by atoms with Gasteiger partial charge in [-0.3, -0.25) is 0 Å². The summed E-state index contributed by atoms with van der Waals surface area (Å²) in [5.41, 5.74) is 2.96. The summed E-state index contributed by atoms with van der Waals surface area (Å²) in [6, 6.07) is 8.80. The maximum atomic E-state index is 3.55. The Hall–Kier alpha value is -0.500. The van der Waals surface area contributed by atoms with Gasteiger partial charge in [0.1, 0.15) is 0 Å². The molecule has 2 rings (SSSR count). The first kappa shape index (κ1) is 11.0. The molecule has 2 unspecified atom stereocenters. The predicted octanol–water partition coefficient (Wildman–Crippen LogP) is 3.64. The quantitative estimate of drug-likeness (QED) is 0.756. The third-order valence-corrected chi connectivity index (χ3v) is 4.20. The first-order chi connectivity index (χ1) is 7.22. The number of benzene rings is 1. The third kappa shape index (κ3) is 2.20. The maximum absolute atomic E-state index is 3.55. The van der Waals surface area contributed by atoms with Crippen molar-refractivity contribution in [1.82, 2.24) is 0 Å². The van der Waals surface area contributed by atoms with Gasteiger partial charge in [0.05, 0.1) is 0 Å². The fourth-order valence-corrected chi connectivity index (χ4v) is 2.52. The van der Waals surface area contributed by atoms with Gasteiger partial charge in [-0.15, -0.1) is 0 Å². The summed E-state index contributed by atoms with van der Waals surface area (Å²) in [6.45, 7) is 6.95. The highest BCUT2D eigenvalue weighted by atomic mass is 79.9. The van der Waals surface area contributed by atoms with Crippen LogP contribution >= 0.6 is 15.9 Å². The van der Waals surface area contributed by atoms with Crippen LogP contribution in [-0.4, -0.2) is 18.4 Å². The predicted molar refractivity (Wildman–Crippen MR) is 70.0 cm³/mol. The highest BCUT2D eigenvalue weighted by molar-refractivity contribution is 9.09. The van der Waals surface area contributed by atoms with E-state index < -0.39 is 0 Å². The first-order valence-corrected chi connectivity index (χ1v) is 6.74. The van der Waals surface area contributed by atoms with Gasteiger partial charge < -0.3 is 4.90 Å². The molecule has 1 aliphatic heterocycles. The van der Waals surface area contributed by atoms with E-state index >= 15 is 0 Å². The molecule has 1 aliphatic rings. The Bertz CT molecular complexity index is 337. The fraction of sp³-hybridized carbons (Fsp3) is 0.538. The number of hydrogen-bond acceptors (Lipinski definition) is 1. The van der Waals surface area contributed by atoms with Gasteiger partial charge in [-0.1, -0.05) is 48.0 Å². The summed E-state index contributed by atoms with van der Waals surface area (Å²) >= 11 is 3.55. The molecule has 82 valence electrons. The van der Waals surface area contributed by atoms with Crippen molar-refractivity contribution >= 4 is 21.6 Å². The number of rotatable bonds is 3. The Kier molecular flexibility index (Phi) is 3.35. The summed E-state index contributed by atoms with van der Waals surface area (Å²) < 4.78 is 0. The van der Waals surface area contributed by atoms with Gasteiger partial charge >= 0.3 is 0 Å². The van der Waals surface area contributed by atoms with Gasteiger partial charge in [-0.2, -0.15) is 0 Å². The molecule has 0 fully saturated rings. The van der Waals surface area contributed by atoms with Crippen molar-refractivity contribution in [2.75, 3.05) is 23.3 Å². The lowest BCUT2D eigenvalue weighted by atomic mass is 10.0. The van der Waals surface area contributed by atoms with Crippen LogP contribution in [0.3, 0.4) is 0 Å². The lowest BCUT2D eigenvalue weighted by Gasteiger charge is -2.22. The van der Waals surface area contributed by atoms with Crippen LogP contribution in [0.2, 0.25) is 0 Å². The average Bonchev–Trinajstić information content (AvgIpc) is 2.57. The Labute approximate surface area is 101 Å². The Morgan fingerprint density at radius 1 is 1.47 bits per heavy atom. The van der Waals surface area contributed by atoms with Crippen molar-refractivity contribution in [3.8, 4) is 0 Å². The second-order valence-corrected chi connectivity index (χ2v) is 5.27. The van der Waals surface area contributed by atoms with Crippen molar-refractivity contribution in [2.24, 2.45) is 5.92 Å². The molecule has 15 heavy (non-hydrogen) atoms. The summed E-state index contributed by atoms with van der Waals surface area (Å²) in [7, 11) is 0. The molecule has 1 nitrogen and oxygen atoms in total. The lowest BCUT2D eigenvalue weighted by molar-refractivity contribution is 0.619. The molecule has 1 heterocycles. The van der Waals surface area contributed by atoms with Crippen molar-refractivity contribution in [3.05, 3.63) is 29.8 Å². The highest BCUT2D eigenvalue weighted by Crippen LogP contribution is 2.35. The van der Waals surface area contributed by atoms with Crippen molar-refractivity contribution in [1.29, 1.82) is 0 Å². The molecule has 0 spiro atoms. The van der Waals surface area contributed by atoms with E-state index in [1.807, 2.05) is 0 Å². The van der Waals surface area contributed by atoms with Crippen LogP contribution in [0.1, 0.15) is 25.3 Å². The minimum atomic E-state index is 0.684. The molecule has 0 amide bonds. The van der Waals surface area contributed by atoms with E-state index in [2.05, 4.69) is 58.9 Å². The molecular weight excluding hydrogens is 250 g/mol. The first-order valence-electron chi connectivity index (χ1n) is 5.62. The molecule has 2 atom stereocenters. The van der Waals surface area contributed by atoms with E-state index in [0.29, 0.717) is 11.8 Å². The molecule has 0 saturated carbocycles. The highest BCUT2D eigenvalue weighted by Gasteiger charge is 2.25. The van der Waals surface area contributed by atoms with E-state index in [9.17, 15) is 0 Å². The second-order valence-electron chi connectivity index (χ2n) is 4.62. The van der Waals surface area contributed by atoms with Crippen molar-refractivity contribution < 1.29 is 0 Å². The molecule has 0 saturated heterocycles. The van der Waals surface area contributed by atoms with Gasteiger partial charge in [0, 0.05) is 30.0 Å². The minimum absolute atomic E-state index is 0.684. The molecule has 0 N–H and O–H groups in total. The van der Waals surface area contributed by atoms with Crippen LogP contribution < -0.4 is 4.90 Å². The molecule has 0 bridgehead atoms. The number of alkyl halides is 1. The average molecular weight is 268 g/mol. The third-order valence-electron chi connectivity index (χ3n) is 3.10. The molecule has 1 aromatic carbocycles. The number of hydrogen-bond donors (Lipinski definition) is 0. The van der Waals surface area contributed by atoms with E-state index in [1.54, 1.807) is 0 Å². The summed E-state index contributed by atoms with van der Waals surface area (Å²) in [5, 5.41) is 1.08. The number of halogens is 1. The van der Waals surface area contributed by atoms with Crippen LogP contribution in [0.15, 0.2) is 24.3 Å². The Morgan fingerprint density at radius 2 is 2.20 bits per heavy atom. The lowest BCUT2D eigenvalue weighted by Crippen LogP contribution is -2.27. The van der Waals surface area contributed by atoms with Gasteiger partial charge in [-0.25, -0.2) is 0 Å². The standard InChI is InChI=1S/C13H18BrN/c1-10(7-14)8-15-9-11(2)12-5-3-4-6-13(12)15/h3-6,10-11H,7-9H2,1-2H3. The van der Waals surface area contributed by atoms with Crippen LogP contribution in [-0.2, 0) is 0 Å². The van der Waals surface area contributed by atoms with Crippen molar-refractivity contribution in [3.63, 3.8) is 0 Å². The summed E-state index contributed by atoms with van der Waals surface area (Å²) in [6.07, 6.45) is 0. The van der Waals surface area contributed by atoms with E-state index in [-0.39, 0.29) is 0 Å². The van der Waals surface area contributed by atoms with Crippen molar-refractivity contribution in [2.45, 2.75) is 19.8 Å². The maximum Gasteiger partial charge on any atom is 0.0402 e. The molecule has 0 aliphatic carbocycles. The van der Waals surface area contributed by atoms with Gasteiger partial charge in [0.25, 0.3) is 0 Å². The van der Waals surface area contributed by atoms with E-state index in [4.69, 9.17) is 0 Å². The normalized spacial score (nSPS) is 21.5. The molecule has 0 aromatic heterocycles. The number of para-hydroxylation sites is 1. The zero-order chi connectivity index (χ0) is 10.8. The number of nitrogens with zero attached hydrogens (tertiary/aromatic N) is 1. The fourth-order valence-electron chi connectivity index (χ4n) is 2.32. The monoisotopic (exact) mass is 267 g/mol. The van der Waals surface area contributed by atoms with E-state index in [1.165, 1.54) is 17.8 Å². The Morgan fingerprint density at radius 3 is 2.93 bits per heavy atom. The zero-order valence-corrected chi connectivity index (χ0v) is 11.0. The molecular formula is C13H18BrN. The second kappa shape index (κ2) is 4.56. The van der Waals surface area contributed by atoms with Crippen LogP contribution in [0.5, 0.6) is 0 Å².